The molecule has 0 aliphatic carbocycles. The number of carbonyl (C=O) groups is 2. The van der Waals surface area contributed by atoms with Crippen LogP contribution in [0.25, 0.3) is 0 Å². The maximum Gasteiger partial charge on any atom is 0.246 e. The molecule has 0 saturated carbocycles. The molecule has 0 saturated heterocycles. The molecule has 1 aliphatic rings. The standard InChI is InChI=1S/C28H26N2O2/c29-28(32)26-20-30(19-21-10-4-1-5-11-21)17-16-24(26)25(22-12-6-2-7-13-22)18-27(31)23-14-8-3-9-15-23/h1-17,20,24-25H,18-19H2,(H2,29,32). The molecule has 2 atom stereocenters. The number of rotatable bonds is 8. The maximum absolute atomic E-state index is 13.1. The topological polar surface area (TPSA) is 63.4 Å². The van der Waals surface area contributed by atoms with Gasteiger partial charge in [0.25, 0.3) is 0 Å². The van der Waals surface area contributed by atoms with Gasteiger partial charge in [0.15, 0.2) is 5.78 Å². The lowest BCUT2D eigenvalue weighted by Gasteiger charge is -2.31. The fourth-order valence-electron chi connectivity index (χ4n) is 4.18. The summed E-state index contributed by atoms with van der Waals surface area (Å²) in [6.45, 7) is 0.639. The van der Waals surface area contributed by atoms with Crippen molar-refractivity contribution in [2.75, 3.05) is 0 Å². The number of nitrogens with two attached hydrogens (primary N) is 1. The molecule has 4 heteroatoms. The van der Waals surface area contributed by atoms with Crippen LogP contribution in [-0.4, -0.2) is 16.6 Å². The van der Waals surface area contributed by atoms with Crippen LogP contribution in [0.3, 0.4) is 0 Å². The van der Waals surface area contributed by atoms with Crippen LogP contribution in [0.4, 0.5) is 0 Å². The molecule has 1 aliphatic heterocycles. The van der Waals surface area contributed by atoms with E-state index in [4.69, 9.17) is 5.73 Å². The van der Waals surface area contributed by atoms with Gasteiger partial charge in [-0.15, -0.1) is 0 Å². The van der Waals surface area contributed by atoms with Gasteiger partial charge in [0.1, 0.15) is 0 Å². The maximum atomic E-state index is 13.1. The fourth-order valence-corrected chi connectivity index (χ4v) is 4.18. The molecular formula is C28H26N2O2. The second-order valence-electron chi connectivity index (χ2n) is 7.98. The van der Waals surface area contributed by atoms with E-state index < -0.39 is 5.91 Å². The first-order valence-electron chi connectivity index (χ1n) is 10.7. The number of ketones is 1. The van der Waals surface area contributed by atoms with Crippen LogP contribution in [0, 0.1) is 5.92 Å². The summed E-state index contributed by atoms with van der Waals surface area (Å²) < 4.78 is 0. The molecule has 4 nitrogen and oxygen atoms in total. The molecule has 3 aromatic carbocycles. The van der Waals surface area contributed by atoms with Crippen molar-refractivity contribution in [1.82, 2.24) is 4.90 Å². The molecule has 4 rings (SSSR count). The van der Waals surface area contributed by atoms with Gasteiger partial charge in [-0.2, -0.15) is 0 Å². The minimum Gasteiger partial charge on any atom is -0.366 e. The number of hydrogen-bond acceptors (Lipinski definition) is 3. The lowest BCUT2D eigenvalue weighted by atomic mass is 9.76. The van der Waals surface area contributed by atoms with Gasteiger partial charge in [0.05, 0.1) is 0 Å². The van der Waals surface area contributed by atoms with Gasteiger partial charge >= 0.3 is 0 Å². The lowest BCUT2D eigenvalue weighted by molar-refractivity contribution is -0.115. The third-order valence-corrected chi connectivity index (χ3v) is 5.80. The van der Waals surface area contributed by atoms with Gasteiger partial charge < -0.3 is 10.6 Å². The molecule has 32 heavy (non-hydrogen) atoms. The van der Waals surface area contributed by atoms with E-state index >= 15 is 0 Å². The van der Waals surface area contributed by atoms with E-state index in [0.29, 0.717) is 17.7 Å². The van der Waals surface area contributed by atoms with Crippen LogP contribution >= 0.6 is 0 Å². The van der Waals surface area contributed by atoms with Crippen LogP contribution in [0.1, 0.15) is 33.8 Å². The summed E-state index contributed by atoms with van der Waals surface area (Å²) >= 11 is 0. The quantitative estimate of drug-likeness (QED) is 0.516. The van der Waals surface area contributed by atoms with E-state index in [1.54, 1.807) is 0 Å². The van der Waals surface area contributed by atoms with Crippen molar-refractivity contribution < 1.29 is 9.59 Å². The highest BCUT2D eigenvalue weighted by molar-refractivity contribution is 5.97. The van der Waals surface area contributed by atoms with Crippen molar-refractivity contribution in [2.45, 2.75) is 18.9 Å². The SMILES string of the molecule is NC(=O)C1=CN(Cc2ccccc2)C=CC1C(CC(=O)c1ccccc1)c1ccccc1. The molecule has 2 N–H and O–H groups in total. The Morgan fingerprint density at radius 2 is 1.44 bits per heavy atom. The smallest absolute Gasteiger partial charge is 0.246 e. The van der Waals surface area contributed by atoms with Crippen LogP contribution in [0.5, 0.6) is 0 Å². The molecule has 3 aromatic rings. The molecule has 2 unspecified atom stereocenters. The molecule has 0 spiro atoms. The minimum atomic E-state index is -0.467. The summed E-state index contributed by atoms with van der Waals surface area (Å²) in [5, 5.41) is 0. The van der Waals surface area contributed by atoms with Crippen LogP contribution in [-0.2, 0) is 11.3 Å². The number of benzene rings is 3. The van der Waals surface area contributed by atoms with Gasteiger partial charge in [-0.05, 0) is 11.1 Å². The van der Waals surface area contributed by atoms with Gasteiger partial charge in [0.2, 0.25) is 5.91 Å². The zero-order valence-corrected chi connectivity index (χ0v) is 17.8. The summed E-state index contributed by atoms with van der Waals surface area (Å²) in [6.07, 6.45) is 6.08. The van der Waals surface area contributed by atoms with Crippen molar-refractivity contribution in [3.8, 4) is 0 Å². The number of Topliss-reactive ketones (excluding diaryl/α,β-unsaturated/α-hetero) is 1. The van der Waals surface area contributed by atoms with E-state index in [-0.39, 0.29) is 24.0 Å². The van der Waals surface area contributed by atoms with Crippen molar-refractivity contribution in [3.63, 3.8) is 0 Å². The monoisotopic (exact) mass is 422 g/mol. The van der Waals surface area contributed by atoms with Crippen molar-refractivity contribution in [3.05, 3.63) is 132 Å². The van der Waals surface area contributed by atoms with Crippen molar-refractivity contribution >= 4 is 11.7 Å². The predicted octanol–water partition coefficient (Wildman–Crippen LogP) is 5.06. The van der Waals surface area contributed by atoms with E-state index in [2.05, 4.69) is 0 Å². The predicted molar refractivity (Wildman–Crippen MR) is 126 cm³/mol. The fraction of sp³-hybridized carbons (Fsp3) is 0.143. The van der Waals surface area contributed by atoms with Crippen LogP contribution < -0.4 is 5.73 Å². The normalized spacial score (nSPS) is 16.3. The molecule has 0 bridgehead atoms. The molecule has 0 radical (unpaired) electrons. The summed E-state index contributed by atoms with van der Waals surface area (Å²) in [5.41, 5.74) is 9.14. The number of hydrogen-bond donors (Lipinski definition) is 1. The zero-order valence-electron chi connectivity index (χ0n) is 17.8. The first kappa shape index (κ1) is 21.3. The van der Waals surface area contributed by atoms with E-state index in [1.165, 1.54) is 0 Å². The number of nitrogens with zero attached hydrogens (tertiary/aromatic N) is 1. The largest absolute Gasteiger partial charge is 0.366 e. The minimum absolute atomic E-state index is 0.0448. The Hall–Kier alpha value is -3.92. The Kier molecular flexibility index (Phi) is 6.61. The van der Waals surface area contributed by atoms with Crippen molar-refractivity contribution in [2.24, 2.45) is 11.7 Å². The Morgan fingerprint density at radius 3 is 2.06 bits per heavy atom. The van der Waals surface area contributed by atoms with Gasteiger partial charge in [-0.25, -0.2) is 0 Å². The summed E-state index contributed by atoms with van der Waals surface area (Å²) in [7, 11) is 0. The number of primary amides is 1. The first-order chi connectivity index (χ1) is 15.6. The zero-order chi connectivity index (χ0) is 22.3. The molecule has 0 aromatic heterocycles. The summed E-state index contributed by atoms with van der Waals surface area (Å²) in [6, 6.07) is 29.2. The average molecular weight is 423 g/mol. The molecule has 160 valence electrons. The Morgan fingerprint density at radius 1 is 0.844 bits per heavy atom. The highest BCUT2D eigenvalue weighted by Crippen LogP contribution is 2.37. The highest BCUT2D eigenvalue weighted by Gasteiger charge is 2.31. The highest BCUT2D eigenvalue weighted by atomic mass is 16.1. The summed E-state index contributed by atoms with van der Waals surface area (Å²) in [5.74, 6) is -0.902. The second-order valence-corrected chi connectivity index (χ2v) is 7.98. The third kappa shape index (κ3) is 5.03. The second kappa shape index (κ2) is 9.92. The third-order valence-electron chi connectivity index (χ3n) is 5.80. The van der Waals surface area contributed by atoms with Crippen LogP contribution in [0.15, 0.2) is 115 Å². The van der Waals surface area contributed by atoms with Crippen LogP contribution in [0.2, 0.25) is 0 Å². The number of amides is 1. The van der Waals surface area contributed by atoms with Crippen molar-refractivity contribution in [1.29, 1.82) is 0 Å². The molecular weight excluding hydrogens is 396 g/mol. The number of carbonyl (C=O) groups excluding carboxylic acids is 2. The summed E-state index contributed by atoms with van der Waals surface area (Å²) in [4.78, 5) is 27.5. The molecule has 1 heterocycles. The number of allylic oxidation sites excluding steroid dienone is 1. The Labute approximate surface area is 188 Å². The van der Waals surface area contributed by atoms with E-state index in [0.717, 1.165) is 11.1 Å². The molecule has 1 amide bonds. The molecule has 0 fully saturated rings. The van der Waals surface area contributed by atoms with E-state index in [9.17, 15) is 9.59 Å². The van der Waals surface area contributed by atoms with Gasteiger partial charge in [-0.3, -0.25) is 9.59 Å². The Balaban J connectivity index is 1.64. The van der Waals surface area contributed by atoms with Gasteiger partial charge in [-0.1, -0.05) is 97.1 Å². The lowest BCUT2D eigenvalue weighted by Crippen LogP contribution is -2.30. The first-order valence-corrected chi connectivity index (χ1v) is 10.7. The Bertz CT molecular complexity index is 1120. The van der Waals surface area contributed by atoms with Gasteiger partial charge in [0, 0.05) is 48.3 Å². The van der Waals surface area contributed by atoms with E-state index in [1.807, 2.05) is 114 Å². The average Bonchev–Trinajstić information content (AvgIpc) is 2.84.